The van der Waals surface area contributed by atoms with Gasteiger partial charge in [0.1, 0.15) is 0 Å². The monoisotopic (exact) mass is 1550 g/mol. The summed E-state index contributed by atoms with van der Waals surface area (Å²) in [6.07, 6.45) is 58.9. The minimum Gasteiger partial charge on any atom is -0.264 e. The van der Waals surface area contributed by atoms with Gasteiger partial charge in [-0.15, -0.1) is 0 Å². The van der Waals surface area contributed by atoms with E-state index < -0.39 is 0 Å². The fourth-order valence-electron chi connectivity index (χ4n) is 13.6. The molecule has 1 atom stereocenters. The molecular formula is C106H80N14. The lowest BCUT2D eigenvalue weighted by molar-refractivity contribution is 0.832. The van der Waals surface area contributed by atoms with Crippen molar-refractivity contribution in [2.24, 2.45) is 5.92 Å². The van der Waals surface area contributed by atoms with Crippen LogP contribution in [0.3, 0.4) is 0 Å². The molecule has 7 aromatic carbocycles. The molecule has 0 bridgehead atoms. The Bertz CT molecular complexity index is 5510. The molecule has 25 rings (SSSR count). The zero-order valence-electron chi connectivity index (χ0n) is 65.5. The van der Waals surface area contributed by atoms with E-state index in [-0.39, 0.29) is 0 Å². The number of para-hydroxylation sites is 1. The van der Waals surface area contributed by atoms with Crippen molar-refractivity contribution in [2.75, 3.05) is 0 Å². The zero-order chi connectivity index (χ0) is 81.2. The van der Waals surface area contributed by atoms with Crippen LogP contribution in [0.2, 0.25) is 0 Å². The van der Waals surface area contributed by atoms with Gasteiger partial charge in [0, 0.05) is 168 Å². The lowest BCUT2D eigenvalue weighted by Gasteiger charge is -2.34. The molecule has 14 heterocycles. The number of benzene rings is 7. The fraction of sp³-hybridized carbons (Fsp3) is 0.0189. The van der Waals surface area contributed by atoms with E-state index in [4.69, 9.17) is 0 Å². The van der Waals surface area contributed by atoms with Crippen LogP contribution in [0.5, 0.6) is 0 Å². The molecule has 14 aromatic heterocycles. The van der Waals surface area contributed by atoms with E-state index in [9.17, 15) is 0 Å². The van der Waals surface area contributed by atoms with Crippen molar-refractivity contribution in [2.45, 2.75) is 6.42 Å². The normalized spacial score (nSPS) is 12.6. The predicted molar refractivity (Wildman–Crippen MR) is 493 cm³/mol. The summed E-state index contributed by atoms with van der Waals surface area (Å²) in [6.45, 7) is 0. The second-order valence-electron chi connectivity index (χ2n) is 27.4. The molecular weight excluding hydrogens is 1470 g/mol. The third-order valence-electron chi connectivity index (χ3n) is 19.5. The average Bonchev–Trinajstić information content (AvgIpc) is 0.749. The summed E-state index contributed by atoms with van der Waals surface area (Å²) in [5, 5.41) is 19.4. The minimum atomic E-state index is 0.509. The highest BCUT2D eigenvalue weighted by Gasteiger charge is 2.31. The van der Waals surface area contributed by atoms with Gasteiger partial charge in [0.25, 0.3) is 0 Å². The van der Waals surface area contributed by atoms with Crippen LogP contribution in [0.15, 0.2) is 498 Å². The van der Waals surface area contributed by atoms with Gasteiger partial charge < -0.3 is 0 Å². The van der Waals surface area contributed by atoms with Crippen LogP contribution in [0.25, 0.3) is 119 Å². The Morgan fingerprint density at radius 3 is 1.02 bits per heavy atom. The molecule has 0 amide bonds. The molecule has 4 aliphatic carbocycles. The summed E-state index contributed by atoms with van der Waals surface area (Å²) in [7, 11) is 0. The van der Waals surface area contributed by atoms with Gasteiger partial charge in [-0.2, -0.15) is 0 Å². The van der Waals surface area contributed by atoms with Crippen molar-refractivity contribution < 1.29 is 0 Å². The van der Waals surface area contributed by atoms with Crippen LogP contribution >= 0.6 is 0 Å². The second-order valence-corrected chi connectivity index (χ2v) is 27.4. The first kappa shape index (κ1) is 78.9. The number of nitrogens with zero attached hydrogens (tertiary/aromatic N) is 14. The molecule has 0 saturated heterocycles. The minimum absolute atomic E-state index is 0.509. The van der Waals surface area contributed by atoms with Crippen molar-refractivity contribution >= 4 is 119 Å². The Balaban J connectivity index is 0.000000103. The van der Waals surface area contributed by atoms with Gasteiger partial charge in [-0.25, -0.2) is 9.97 Å². The Morgan fingerprint density at radius 1 is 0.208 bits per heavy atom. The van der Waals surface area contributed by atoms with Crippen LogP contribution in [-0.4, -0.2) is 69.8 Å². The number of fused-ring (bicyclic) bond motifs is 11. The van der Waals surface area contributed by atoms with E-state index in [0.29, 0.717) is 5.92 Å². The molecule has 21 aromatic rings. The Labute approximate surface area is 695 Å². The largest absolute Gasteiger partial charge is 0.264 e. The van der Waals surface area contributed by atoms with E-state index in [0.717, 1.165) is 72.0 Å². The fourth-order valence-corrected chi connectivity index (χ4v) is 13.6. The SMILES string of the molecule is C1=CC2=CC=C3CC=CC4=C3C2C(=C1)C=C4.c1cc2ccncc2cn1.c1cc2cnccc2cn1.c1ccc2cc3ccccc3cc2c1.c1ccc2ccccc2c1.c1ccc2cnccc2c1.c1ccc2ncccc2c1.c1cnc2cccnc2c1.c1cnc2ccncc2c1.c1cnc2cnccc2c1.c1cnc2ncccc2c1. The number of pyridine rings is 14. The maximum absolute atomic E-state index is 4.18. The van der Waals surface area contributed by atoms with E-state index in [1.165, 1.54) is 81.7 Å². The van der Waals surface area contributed by atoms with Crippen molar-refractivity contribution in [3.8, 4) is 0 Å². The van der Waals surface area contributed by atoms with Crippen LogP contribution < -0.4 is 0 Å². The quantitative estimate of drug-likeness (QED) is 0.131. The molecule has 0 saturated carbocycles. The van der Waals surface area contributed by atoms with Crippen LogP contribution in [-0.2, 0) is 0 Å². The van der Waals surface area contributed by atoms with E-state index >= 15 is 0 Å². The van der Waals surface area contributed by atoms with Gasteiger partial charge in [-0.05, 0) is 216 Å². The summed E-state index contributed by atoms with van der Waals surface area (Å²) in [4.78, 5) is 56.7. The van der Waals surface area contributed by atoms with Crippen LogP contribution in [0, 0.1) is 5.92 Å². The average molecular weight is 1550 g/mol. The number of aromatic nitrogens is 14. The summed E-state index contributed by atoms with van der Waals surface area (Å²) >= 11 is 0. The van der Waals surface area contributed by atoms with E-state index in [1.807, 2.05) is 201 Å². The highest BCUT2D eigenvalue weighted by Crippen LogP contribution is 2.46. The summed E-state index contributed by atoms with van der Waals surface area (Å²) in [6, 6.07) is 95.4. The zero-order valence-corrected chi connectivity index (χ0v) is 65.5. The first-order valence-electron chi connectivity index (χ1n) is 39.2. The Kier molecular flexibility index (Phi) is 27.4. The third kappa shape index (κ3) is 21.8. The molecule has 14 nitrogen and oxygen atoms in total. The molecule has 0 N–H and O–H groups in total. The van der Waals surface area contributed by atoms with Crippen LogP contribution in [0.1, 0.15) is 6.42 Å². The lowest BCUT2D eigenvalue weighted by atomic mass is 9.69. The van der Waals surface area contributed by atoms with Gasteiger partial charge in [0.15, 0.2) is 5.65 Å². The van der Waals surface area contributed by atoms with E-state index in [2.05, 4.69) is 258 Å². The number of allylic oxidation sites excluding steroid dienone is 14. The first-order chi connectivity index (χ1) is 59.6. The lowest BCUT2D eigenvalue weighted by Crippen LogP contribution is -2.20. The predicted octanol–water partition coefficient (Wildman–Crippen LogP) is 24.9. The maximum atomic E-state index is 4.18. The highest BCUT2D eigenvalue weighted by atomic mass is 14.8. The number of hydrogen-bond donors (Lipinski definition) is 0. The Hall–Kier alpha value is -16.3. The molecule has 574 valence electrons. The van der Waals surface area contributed by atoms with Crippen molar-refractivity contribution in [1.29, 1.82) is 0 Å². The molecule has 4 aliphatic rings. The van der Waals surface area contributed by atoms with E-state index in [1.54, 1.807) is 80.6 Å². The highest BCUT2D eigenvalue weighted by molar-refractivity contribution is 5.98. The third-order valence-corrected chi connectivity index (χ3v) is 19.5. The summed E-state index contributed by atoms with van der Waals surface area (Å²) in [5.74, 6) is 0.509. The Morgan fingerprint density at radius 2 is 0.542 bits per heavy atom. The molecule has 0 spiro atoms. The van der Waals surface area contributed by atoms with Crippen molar-refractivity contribution in [3.63, 3.8) is 0 Å². The van der Waals surface area contributed by atoms with Gasteiger partial charge in [0.05, 0.1) is 33.8 Å². The molecule has 0 fully saturated rings. The second kappa shape index (κ2) is 41.6. The summed E-state index contributed by atoms with van der Waals surface area (Å²) in [5.41, 5.74) is 13.0. The molecule has 1 unspecified atom stereocenters. The topological polar surface area (TPSA) is 180 Å². The molecule has 120 heavy (non-hydrogen) atoms. The number of rotatable bonds is 0. The first-order valence-corrected chi connectivity index (χ1v) is 39.2. The molecule has 0 aliphatic heterocycles. The van der Waals surface area contributed by atoms with Gasteiger partial charge in [-0.1, -0.05) is 206 Å². The van der Waals surface area contributed by atoms with Crippen molar-refractivity contribution in [3.05, 3.63) is 498 Å². The standard InChI is InChI=1S/C16H12.C14H10.C10H8.2C9H7N.6C8H6N2/c1-3-11-7-9-13-5-2-6-14-10-8-12(4-1)15(11)16(13)14;1-2-6-12-10-14-8-4-3-7-13(14)9-11(12)5-1;1-2-6-10-8-4-3-7-9(10)5-1;1-2-6-9-8(4-1)5-3-7-10-9;1-2-4-9-7-10-6-5-8(9)3-1;1-3-9-6-8-2-4-10-5-7(1)8;1-3-9-5-8-6-10-4-2-7(1)8;1-3-7-8(9-5-1)4-2-6-10-7;1-3-7-4-2-6-10-8(7)9-5-1;1-2-7-6-9-5-3-8(7)10-4-1;1-2-7-3-5-9-6-8(7)10-4-1/h1-5,7-10,15H,6H2;1-10H;1-8H;2*1-7H;6*1-6H. The molecule has 0 radical (unpaired) electrons. The molecule has 14 heteroatoms. The van der Waals surface area contributed by atoms with Crippen molar-refractivity contribution in [1.82, 2.24) is 69.8 Å². The van der Waals surface area contributed by atoms with Gasteiger partial charge in [-0.3, -0.25) is 59.8 Å². The van der Waals surface area contributed by atoms with Gasteiger partial charge in [0.2, 0.25) is 0 Å². The van der Waals surface area contributed by atoms with Crippen LogP contribution in [0.4, 0.5) is 0 Å². The summed E-state index contributed by atoms with van der Waals surface area (Å²) < 4.78 is 0. The smallest absolute Gasteiger partial charge is 0.159 e. The maximum Gasteiger partial charge on any atom is 0.159 e. The van der Waals surface area contributed by atoms with Gasteiger partial charge >= 0.3 is 0 Å². The number of hydrogen-bond acceptors (Lipinski definition) is 14.